The summed E-state index contributed by atoms with van der Waals surface area (Å²) in [5, 5.41) is -0.262. The van der Waals surface area contributed by atoms with Crippen molar-refractivity contribution in [3.63, 3.8) is 0 Å². The number of amides is 2. The number of halogens is 10. The van der Waals surface area contributed by atoms with E-state index >= 15 is 8.78 Å². The minimum atomic E-state index is -4.86. The summed E-state index contributed by atoms with van der Waals surface area (Å²) in [5.41, 5.74) is 5.72. The maximum absolute atomic E-state index is 16.5. The summed E-state index contributed by atoms with van der Waals surface area (Å²) in [6, 6.07) is 4.26. The van der Waals surface area contributed by atoms with Crippen LogP contribution < -0.4 is 30.7 Å². The highest BCUT2D eigenvalue weighted by Gasteiger charge is 2.41. The Morgan fingerprint density at radius 3 is 1.30 bits per heavy atom. The molecule has 10 rings (SSSR count). The van der Waals surface area contributed by atoms with Crippen LogP contribution in [0.25, 0.3) is 44.3 Å². The fourth-order valence-electron chi connectivity index (χ4n) is 11.7. The number of nitrogens with two attached hydrogens (primary N) is 2. The fourth-order valence-corrected chi connectivity index (χ4v) is 12.3. The number of fused-ring (bicyclic) bond motifs is 2. The van der Waals surface area contributed by atoms with Crippen molar-refractivity contribution in [2.75, 3.05) is 101 Å². The van der Waals surface area contributed by atoms with Gasteiger partial charge in [-0.05, 0) is 128 Å². The number of pyridine rings is 2. The lowest BCUT2D eigenvalue weighted by atomic mass is 9.99. The van der Waals surface area contributed by atoms with Crippen molar-refractivity contribution in [3.05, 3.63) is 93.5 Å². The number of carbonyl (C=O) groups excluding carboxylic acids is 2. The molecule has 8 heterocycles. The van der Waals surface area contributed by atoms with Crippen molar-refractivity contribution >= 4 is 80.1 Å². The molecule has 0 unspecified atom stereocenters. The molecule has 86 heavy (non-hydrogen) atoms. The highest BCUT2D eigenvalue weighted by Crippen LogP contribution is 2.47. The minimum Gasteiger partial charge on any atom is -0.462 e. The zero-order valence-electron chi connectivity index (χ0n) is 48.0. The first-order chi connectivity index (χ1) is 40.6. The number of likely N-dealkylation sites (N-methyl/N-ethyl adjacent to an activating group) is 2. The quantitative estimate of drug-likeness (QED) is 0.0865. The van der Waals surface area contributed by atoms with Gasteiger partial charge < -0.3 is 50.3 Å². The van der Waals surface area contributed by atoms with E-state index in [2.05, 4.69) is 52.9 Å². The summed E-state index contributed by atoms with van der Waals surface area (Å²) in [6.45, 7) is 17.7. The normalized spacial score (nSPS) is 19.7. The summed E-state index contributed by atoms with van der Waals surface area (Å²) < 4.78 is 130. The molecule has 4 fully saturated rings. The van der Waals surface area contributed by atoms with Gasteiger partial charge in [-0.2, -0.15) is 46.3 Å². The number of hydrogen-bond acceptors (Lipinski definition) is 16. The molecule has 4 aliphatic heterocycles. The Morgan fingerprint density at radius 2 is 0.988 bits per heavy atom. The van der Waals surface area contributed by atoms with Crippen molar-refractivity contribution in [2.45, 2.75) is 89.9 Å². The molecular formula is C58H64Cl2F8N14O4. The van der Waals surface area contributed by atoms with Crippen LogP contribution in [0, 0.1) is 25.5 Å². The third-order valence-corrected chi connectivity index (χ3v) is 16.7. The lowest BCUT2D eigenvalue weighted by Crippen LogP contribution is -2.53. The summed E-state index contributed by atoms with van der Waals surface area (Å²) in [6.07, 6.45) is -3.42. The average molecular weight is 1240 g/mol. The summed E-state index contributed by atoms with van der Waals surface area (Å²) in [7, 11) is 3.96. The standard InChI is InChI=1S/2C29H32ClF4N7O2/c2*1-5-21(42)40-9-10-41(16(3)13-40)27-18-12-19(30)22(26-23(29(32,33)34)15(2)11-20(35)36-26)24(31)25(18)37-28(38-27)43-14-17-7-6-8-39(17)4/h2*5,11-12,16-17H,1,6-10,13-14H2,2-4H3,(H2,35,36)/t2*16-,17-/m00/s1. The van der Waals surface area contributed by atoms with Gasteiger partial charge in [-0.15, -0.1) is 0 Å². The maximum Gasteiger partial charge on any atom is 0.418 e. The number of aromatic nitrogens is 6. The first-order valence-corrected chi connectivity index (χ1v) is 28.5. The third kappa shape index (κ3) is 12.8. The molecule has 0 radical (unpaired) electrons. The molecule has 6 aromatic rings. The van der Waals surface area contributed by atoms with Crippen LogP contribution in [0.4, 0.5) is 58.4 Å². The van der Waals surface area contributed by atoms with E-state index in [0.717, 1.165) is 50.9 Å². The second-order valence-corrected chi connectivity index (χ2v) is 22.8. The number of anilines is 4. The van der Waals surface area contributed by atoms with Crippen LogP contribution in [-0.4, -0.2) is 165 Å². The van der Waals surface area contributed by atoms with Crippen LogP contribution in [0.5, 0.6) is 12.0 Å². The Hall–Kier alpha value is -7.42. The zero-order valence-corrected chi connectivity index (χ0v) is 49.5. The third-order valence-electron chi connectivity index (χ3n) is 16.1. The predicted molar refractivity (Wildman–Crippen MR) is 313 cm³/mol. The van der Waals surface area contributed by atoms with Crippen LogP contribution in [-0.2, 0) is 21.9 Å². The van der Waals surface area contributed by atoms with E-state index in [-0.39, 0.29) is 127 Å². The van der Waals surface area contributed by atoms with Gasteiger partial charge in [0.05, 0.1) is 43.7 Å². The first-order valence-electron chi connectivity index (χ1n) is 27.7. The van der Waals surface area contributed by atoms with Crippen molar-refractivity contribution in [1.82, 2.24) is 49.5 Å². The van der Waals surface area contributed by atoms with Gasteiger partial charge in [-0.3, -0.25) is 9.59 Å². The topological polar surface area (TPSA) is 201 Å². The van der Waals surface area contributed by atoms with Gasteiger partial charge in [-0.1, -0.05) is 36.4 Å². The van der Waals surface area contributed by atoms with E-state index in [1.165, 1.54) is 38.1 Å². The lowest BCUT2D eigenvalue weighted by Gasteiger charge is -2.40. The Morgan fingerprint density at radius 1 is 0.616 bits per heavy atom. The number of nitrogen functional groups attached to an aromatic ring is 2. The van der Waals surface area contributed by atoms with Crippen molar-refractivity contribution in [1.29, 1.82) is 0 Å². The van der Waals surface area contributed by atoms with Gasteiger partial charge in [0.25, 0.3) is 0 Å². The van der Waals surface area contributed by atoms with Gasteiger partial charge in [0.2, 0.25) is 11.8 Å². The number of ether oxygens (including phenoxy) is 2. The zero-order chi connectivity index (χ0) is 62.4. The number of hydrogen-bond donors (Lipinski definition) is 2. The highest BCUT2D eigenvalue weighted by atomic mass is 35.5. The predicted octanol–water partition coefficient (Wildman–Crippen LogP) is 10.2. The highest BCUT2D eigenvalue weighted by molar-refractivity contribution is 6.35. The fraction of sp³-hybridized carbons (Fsp3) is 0.448. The van der Waals surface area contributed by atoms with Crippen molar-refractivity contribution < 1.29 is 54.2 Å². The van der Waals surface area contributed by atoms with Crippen molar-refractivity contribution in [2.24, 2.45) is 0 Å². The molecule has 2 aromatic carbocycles. The number of piperazine rings is 2. The first kappa shape index (κ1) is 63.1. The molecule has 4 atom stereocenters. The van der Waals surface area contributed by atoms with Gasteiger partial charge in [-0.25, -0.2) is 18.7 Å². The monoisotopic (exact) mass is 1240 g/mol. The molecule has 4 saturated heterocycles. The molecule has 0 saturated carbocycles. The van der Waals surface area contributed by atoms with E-state index in [4.69, 9.17) is 44.1 Å². The number of carbonyl (C=O) groups is 2. The van der Waals surface area contributed by atoms with Crippen LogP contribution in [0.3, 0.4) is 0 Å². The van der Waals surface area contributed by atoms with E-state index < -0.39 is 57.6 Å². The number of rotatable bonds is 12. The SMILES string of the molecule is C=CC(=O)N1CCN(c2nc(OC[C@@H]3CCCN3C)nc3c(F)c(-c4nc(N)cc(C)c4C(F)(F)F)c(Cl)cc23)[C@@H](C)C1.C=CC(=O)N1CCN(c2nc(OC[C@@H]3CCCN3C)nc3c(F)c(-c4nc(N)cc(C)c4C(F)(F)F)c(Cl)cc23)[C@@H](C)C1. The largest absolute Gasteiger partial charge is 0.462 e. The van der Waals surface area contributed by atoms with Crippen LogP contribution in [0.2, 0.25) is 10.0 Å². The summed E-state index contributed by atoms with van der Waals surface area (Å²) >= 11 is 13.1. The van der Waals surface area contributed by atoms with Crippen LogP contribution in [0.1, 0.15) is 61.8 Å². The molecule has 2 amide bonds. The Bertz CT molecular complexity index is 3400. The molecule has 0 bridgehead atoms. The molecule has 4 aliphatic rings. The van der Waals surface area contributed by atoms with Gasteiger partial charge in [0, 0.05) is 74.2 Å². The molecular weight excluding hydrogens is 1180 g/mol. The molecule has 4 N–H and O–H groups in total. The molecule has 18 nitrogen and oxygen atoms in total. The molecule has 4 aromatic heterocycles. The van der Waals surface area contributed by atoms with E-state index in [1.54, 1.807) is 9.80 Å². The second kappa shape index (κ2) is 25.1. The Kier molecular flexibility index (Phi) is 18.4. The minimum absolute atomic E-state index is 0.106. The smallest absolute Gasteiger partial charge is 0.418 e. The lowest BCUT2D eigenvalue weighted by molar-refractivity contribution is -0.138. The molecule has 0 aliphatic carbocycles. The summed E-state index contributed by atoms with van der Waals surface area (Å²) in [5.74, 6) is -2.50. The molecule has 460 valence electrons. The number of aryl methyl sites for hydroxylation is 2. The Balaban J connectivity index is 0.000000205. The van der Waals surface area contributed by atoms with Gasteiger partial charge >= 0.3 is 24.4 Å². The average Bonchev–Trinajstić information content (AvgIpc) is 0.993. The van der Waals surface area contributed by atoms with Crippen molar-refractivity contribution in [3.8, 4) is 34.5 Å². The Labute approximate surface area is 500 Å². The van der Waals surface area contributed by atoms with E-state index in [1.807, 2.05) is 37.7 Å². The van der Waals surface area contributed by atoms with Gasteiger partial charge in [0.1, 0.15) is 47.5 Å². The molecule has 28 heteroatoms. The maximum atomic E-state index is 16.5. The number of likely N-dealkylation sites (tertiary alicyclic amines) is 2. The number of nitrogens with zero attached hydrogens (tertiary/aromatic N) is 12. The van der Waals surface area contributed by atoms with Gasteiger partial charge in [0.15, 0.2) is 11.6 Å². The van der Waals surface area contributed by atoms with E-state index in [9.17, 15) is 35.9 Å². The second-order valence-electron chi connectivity index (χ2n) is 22.0. The van der Waals surface area contributed by atoms with Crippen LogP contribution >= 0.6 is 23.2 Å². The van der Waals surface area contributed by atoms with Crippen LogP contribution in [0.15, 0.2) is 49.6 Å². The number of benzene rings is 2. The number of alkyl halides is 6. The summed E-state index contributed by atoms with van der Waals surface area (Å²) in [4.78, 5) is 61.5. The molecule has 0 spiro atoms. The van der Waals surface area contributed by atoms with E-state index in [0.29, 0.717) is 39.3 Å².